The standard InChI is InChI=1S/C8H16N2O3.C2H6/c1-3-6-10(2)8(13)9-5-4-7(11)12;1-2/h3-6H2,1-2H3,(H,9,13)(H,11,12);1-2H3. The van der Waals surface area contributed by atoms with Crippen molar-refractivity contribution < 1.29 is 14.7 Å². The van der Waals surface area contributed by atoms with Crippen molar-refractivity contribution in [2.45, 2.75) is 33.6 Å². The third-order valence-corrected chi connectivity index (χ3v) is 1.52. The van der Waals surface area contributed by atoms with E-state index in [2.05, 4.69) is 5.32 Å². The Labute approximate surface area is 91.5 Å². The lowest BCUT2D eigenvalue weighted by Gasteiger charge is -2.16. The van der Waals surface area contributed by atoms with Crippen molar-refractivity contribution in [2.75, 3.05) is 20.1 Å². The predicted octanol–water partition coefficient (Wildman–Crippen LogP) is 1.54. The van der Waals surface area contributed by atoms with Gasteiger partial charge in [0.1, 0.15) is 0 Å². The van der Waals surface area contributed by atoms with Crippen molar-refractivity contribution >= 4 is 12.0 Å². The van der Waals surface area contributed by atoms with Gasteiger partial charge < -0.3 is 15.3 Å². The molecule has 0 saturated carbocycles. The monoisotopic (exact) mass is 218 g/mol. The van der Waals surface area contributed by atoms with Gasteiger partial charge in [-0.2, -0.15) is 0 Å². The number of nitrogens with zero attached hydrogens (tertiary/aromatic N) is 1. The van der Waals surface area contributed by atoms with Crippen LogP contribution >= 0.6 is 0 Å². The third kappa shape index (κ3) is 10.7. The molecule has 0 saturated heterocycles. The van der Waals surface area contributed by atoms with Gasteiger partial charge in [-0.1, -0.05) is 20.8 Å². The van der Waals surface area contributed by atoms with Crippen LogP contribution in [-0.4, -0.2) is 42.1 Å². The first kappa shape index (κ1) is 16.2. The molecule has 90 valence electrons. The Balaban J connectivity index is 0. The van der Waals surface area contributed by atoms with Crippen LogP contribution < -0.4 is 5.32 Å². The molecule has 0 bridgehead atoms. The summed E-state index contributed by atoms with van der Waals surface area (Å²) in [6, 6.07) is -0.219. The highest BCUT2D eigenvalue weighted by atomic mass is 16.4. The van der Waals surface area contributed by atoms with Gasteiger partial charge >= 0.3 is 12.0 Å². The molecule has 2 N–H and O–H groups in total. The Morgan fingerprint density at radius 2 is 1.87 bits per heavy atom. The van der Waals surface area contributed by atoms with Gasteiger partial charge in [-0.25, -0.2) is 4.79 Å². The van der Waals surface area contributed by atoms with Gasteiger partial charge in [-0.3, -0.25) is 4.79 Å². The molecule has 5 heteroatoms. The Hall–Kier alpha value is -1.26. The first-order chi connectivity index (χ1) is 7.07. The van der Waals surface area contributed by atoms with Crippen molar-refractivity contribution in [3.05, 3.63) is 0 Å². The fourth-order valence-electron chi connectivity index (χ4n) is 0.848. The number of carboxylic acid groups (broad SMARTS) is 1. The SMILES string of the molecule is CC.CCCN(C)C(=O)NCCC(=O)O. The second-order valence-electron chi connectivity index (χ2n) is 2.80. The molecule has 0 unspecified atom stereocenters. The highest BCUT2D eigenvalue weighted by Gasteiger charge is 2.06. The van der Waals surface area contributed by atoms with Crippen LogP contribution in [0.4, 0.5) is 4.79 Å². The molecule has 0 radical (unpaired) electrons. The number of nitrogens with one attached hydrogen (secondary N) is 1. The molecule has 15 heavy (non-hydrogen) atoms. The molecule has 2 amide bonds. The lowest BCUT2D eigenvalue weighted by atomic mass is 10.4. The number of carboxylic acids is 1. The fraction of sp³-hybridized carbons (Fsp3) is 0.800. The maximum absolute atomic E-state index is 11.1. The zero-order valence-electron chi connectivity index (χ0n) is 10.0. The topological polar surface area (TPSA) is 69.6 Å². The van der Waals surface area contributed by atoms with Gasteiger partial charge in [0, 0.05) is 20.1 Å². The Morgan fingerprint density at radius 1 is 1.33 bits per heavy atom. The van der Waals surface area contributed by atoms with Crippen LogP contribution in [-0.2, 0) is 4.79 Å². The van der Waals surface area contributed by atoms with Crippen LogP contribution in [0.3, 0.4) is 0 Å². The molecule has 0 aliphatic heterocycles. The summed E-state index contributed by atoms with van der Waals surface area (Å²) >= 11 is 0. The minimum atomic E-state index is -0.904. The highest BCUT2D eigenvalue weighted by molar-refractivity contribution is 5.74. The fourth-order valence-corrected chi connectivity index (χ4v) is 0.848. The molecule has 0 aliphatic carbocycles. The first-order valence-electron chi connectivity index (χ1n) is 5.28. The summed E-state index contributed by atoms with van der Waals surface area (Å²) in [5.74, 6) is -0.904. The average molecular weight is 218 g/mol. The summed E-state index contributed by atoms with van der Waals surface area (Å²) in [5.41, 5.74) is 0. The summed E-state index contributed by atoms with van der Waals surface area (Å²) in [7, 11) is 1.68. The Morgan fingerprint density at radius 3 is 2.27 bits per heavy atom. The van der Waals surface area contributed by atoms with Crippen LogP contribution in [0.2, 0.25) is 0 Å². The van der Waals surface area contributed by atoms with E-state index in [1.807, 2.05) is 20.8 Å². The summed E-state index contributed by atoms with van der Waals surface area (Å²) in [6.45, 7) is 6.84. The lowest BCUT2D eigenvalue weighted by Crippen LogP contribution is -2.38. The number of aliphatic carboxylic acids is 1. The number of carbonyl (C=O) groups is 2. The normalized spacial score (nSPS) is 8.53. The van der Waals surface area contributed by atoms with E-state index in [4.69, 9.17) is 5.11 Å². The van der Waals surface area contributed by atoms with Gasteiger partial charge in [-0.05, 0) is 6.42 Å². The molecule has 0 aromatic rings. The molecule has 0 aromatic heterocycles. The zero-order valence-corrected chi connectivity index (χ0v) is 10.0. The molecule has 5 nitrogen and oxygen atoms in total. The lowest BCUT2D eigenvalue weighted by molar-refractivity contribution is -0.136. The van der Waals surface area contributed by atoms with Crippen LogP contribution in [0.25, 0.3) is 0 Å². The minimum absolute atomic E-state index is 0.0360. The molecular formula is C10H22N2O3. The number of rotatable bonds is 5. The molecule has 0 atom stereocenters. The van der Waals surface area contributed by atoms with Crippen LogP contribution in [0.1, 0.15) is 33.6 Å². The number of hydrogen-bond donors (Lipinski definition) is 2. The van der Waals surface area contributed by atoms with Crippen molar-refractivity contribution in [1.29, 1.82) is 0 Å². The Bertz CT molecular complexity index is 184. The third-order valence-electron chi connectivity index (χ3n) is 1.52. The summed E-state index contributed by atoms with van der Waals surface area (Å²) in [4.78, 5) is 22.8. The Kier molecular flexibility index (Phi) is 11.7. The predicted molar refractivity (Wildman–Crippen MR) is 59.9 cm³/mol. The minimum Gasteiger partial charge on any atom is -0.481 e. The molecule has 0 fully saturated rings. The van der Waals surface area contributed by atoms with Gasteiger partial charge in [0.05, 0.1) is 6.42 Å². The van der Waals surface area contributed by atoms with E-state index in [1.165, 1.54) is 4.90 Å². The summed E-state index contributed by atoms with van der Waals surface area (Å²) in [5, 5.41) is 10.8. The number of amides is 2. The summed E-state index contributed by atoms with van der Waals surface area (Å²) in [6.07, 6.45) is 0.856. The van der Waals surface area contributed by atoms with E-state index in [1.54, 1.807) is 7.05 Å². The van der Waals surface area contributed by atoms with E-state index in [-0.39, 0.29) is 19.0 Å². The maximum atomic E-state index is 11.1. The van der Waals surface area contributed by atoms with E-state index in [0.29, 0.717) is 6.54 Å². The van der Waals surface area contributed by atoms with Crippen molar-refractivity contribution in [1.82, 2.24) is 10.2 Å². The van der Waals surface area contributed by atoms with E-state index >= 15 is 0 Å². The van der Waals surface area contributed by atoms with Gasteiger partial charge in [-0.15, -0.1) is 0 Å². The highest BCUT2D eigenvalue weighted by Crippen LogP contribution is 1.87. The first-order valence-corrected chi connectivity index (χ1v) is 5.28. The molecule has 0 aliphatic rings. The molecule has 0 heterocycles. The van der Waals surface area contributed by atoms with Gasteiger partial charge in [0.25, 0.3) is 0 Å². The van der Waals surface area contributed by atoms with Crippen LogP contribution in [0.15, 0.2) is 0 Å². The number of urea groups is 1. The van der Waals surface area contributed by atoms with Gasteiger partial charge in [0.15, 0.2) is 0 Å². The molecule has 0 spiro atoms. The average Bonchev–Trinajstić information content (AvgIpc) is 2.20. The van der Waals surface area contributed by atoms with E-state index in [9.17, 15) is 9.59 Å². The number of carbonyl (C=O) groups excluding carboxylic acids is 1. The van der Waals surface area contributed by atoms with Crippen LogP contribution in [0, 0.1) is 0 Å². The molecule has 0 rings (SSSR count). The van der Waals surface area contributed by atoms with Crippen molar-refractivity contribution in [3.63, 3.8) is 0 Å². The largest absolute Gasteiger partial charge is 0.481 e. The van der Waals surface area contributed by atoms with Crippen molar-refractivity contribution in [2.24, 2.45) is 0 Å². The van der Waals surface area contributed by atoms with Crippen molar-refractivity contribution in [3.8, 4) is 0 Å². The zero-order chi connectivity index (χ0) is 12.3. The smallest absolute Gasteiger partial charge is 0.317 e. The van der Waals surface area contributed by atoms with E-state index in [0.717, 1.165) is 6.42 Å². The second-order valence-corrected chi connectivity index (χ2v) is 2.80. The maximum Gasteiger partial charge on any atom is 0.317 e. The second kappa shape index (κ2) is 10.8. The van der Waals surface area contributed by atoms with E-state index < -0.39 is 5.97 Å². The quantitative estimate of drug-likeness (QED) is 0.735. The summed E-state index contributed by atoms with van der Waals surface area (Å²) < 4.78 is 0. The molecular weight excluding hydrogens is 196 g/mol. The molecule has 0 aromatic carbocycles. The number of hydrogen-bond acceptors (Lipinski definition) is 2. The van der Waals surface area contributed by atoms with Gasteiger partial charge in [0.2, 0.25) is 0 Å². The van der Waals surface area contributed by atoms with Crippen LogP contribution in [0.5, 0.6) is 0 Å².